The quantitative estimate of drug-likeness (QED) is 0.699. The van der Waals surface area contributed by atoms with E-state index in [2.05, 4.69) is 10.6 Å². The van der Waals surface area contributed by atoms with Crippen molar-refractivity contribution in [3.8, 4) is 0 Å². The van der Waals surface area contributed by atoms with Gasteiger partial charge >= 0.3 is 6.09 Å². The number of hydrogen-bond acceptors (Lipinski definition) is 5. The zero-order valence-corrected chi connectivity index (χ0v) is 14.5. The Morgan fingerprint density at radius 2 is 1.92 bits per heavy atom. The first-order valence-electron chi connectivity index (χ1n) is 8.14. The fourth-order valence-corrected chi connectivity index (χ4v) is 3.33. The maximum absolute atomic E-state index is 11.7. The molecule has 1 aromatic rings. The van der Waals surface area contributed by atoms with E-state index in [4.69, 9.17) is 9.47 Å². The van der Waals surface area contributed by atoms with E-state index in [9.17, 15) is 9.59 Å². The molecule has 0 aromatic heterocycles. The Hall–Kier alpha value is -1.73. The van der Waals surface area contributed by atoms with Gasteiger partial charge < -0.3 is 20.1 Å². The molecule has 24 heavy (non-hydrogen) atoms. The van der Waals surface area contributed by atoms with E-state index in [1.807, 2.05) is 42.1 Å². The molecule has 1 aromatic carbocycles. The standard InChI is InChI=1S/C17H24N2O4S/c20-16(18-8-11-24-15-6-9-22-10-7-15)12-19-17(21)23-13-14-4-2-1-3-5-14/h1-5,15H,6-13H2,(H,18,20)(H,19,21). The molecular formula is C17H24N2O4S. The molecule has 6 nitrogen and oxygen atoms in total. The van der Waals surface area contributed by atoms with Crippen molar-refractivity contribution in [1.29, 1.82) is 0 Å². The van der Waals surface area contributed by atoms with Gasteiger partial charge in [0.2, 0.25) is 5.91 Å². The van der Waals surface area contributed by atoms with Crippen LogP contribution in [0.2, 0.25) is 0 Å². The first kappa shape index (κ1) is 18.6. The van der Waals surface area contributed by atoms with Gasteiger partial charge in [0.1, 0.15) is 6.61 Å². The van der Waals surface area contributed by atoms with Crippen molar-refractivity contribution in [2.24, 2.45) is 0 Å². The van der Waals surface area contributed by atoms with Gasteiger partial charge in [-0.3, -0.25) is 4.79 Å². The summed E-state index contributed by atoms with van der Waals surface area (Å²) in [6, 6.07) is 9.39. The van der Waals surface area contributed by atoms with Crippen LogP contribution in [0.4, 0.5) is 4.79 Å². The largest absolute Gasteiger partial charge is 0.445 e. The number of carbonyl (C=O) groups is 2. The van der Waals surface area contributed by atoms with Crippen LogP contribution in [-0.2, 0) is 20.9 Å². The molecule has 0 atom stereocenters. The van der Waals surface area contributed by atoms with Crippen molar-refractivity contribution < 1.29 is 19.1 Å². The van der Waals surface area contributed by atoms with Gasteiger partial charge in [-0.25, -0.2) is 4.79 Å². The Morgan fingerprint density at radius 3 is 2.67 bits per heavy atom. The average Bonchev–Trinajstić information content (AvgIpc) is 2.63. The Balaban J connectivity index is 1.48. The summed E-state index contributed by atoms with van der Waals surface area (Å²) >= 11 is 1.86. The molecule has 2 N–H and O–H groups in total. The second kappa shape index (κ2) is 10.9. The van der Waals surface area contributed by atoms with Crippen LogP contribution in [0.5, 0.6) is 0 Å². The molecule has 0 radical (unpaired) electrons. The Kier molecular flexibility index (Phi) is 8.48. The minimum absolute atomic E-state index is 0.0739. The number of thioether (sulfide) groups is 1. The van der Waals surface area contributed by atoms with Gasteiger partial charge in [-0.15, -0.1) is 0 Å². The number of carbonyl (C=O) groups excluding carboxylic acids is 2. The van der Waals surface area contributed by atoms with Crippen LogP contribution < -0.4 is 10.6 Å². The predicted octanol–water partition coefficient (Wildman–Crippen LogP) is 1.94. The molecule has 7 heteroatoms. The van der Waals surface area contributed by atoms with E-state index < -0.39 is 6.09 Å². The summed E-state index contributed by atoms with van der Waals surface area (Å²) in [6.45, 7) is 2.38. The van der Waals surface area contributed by atoms with Crippen LogP contribution in [0.1, 0.15) is 18.4 Å². The van der Waals surface area contributed by atoms with Gasteiger partial charge in [-0.05, 0) is 18.4 Å². The SMILES string of the molecule is O=C(CNC(=O)OCc1ccccc1)NCCSC1CCOCC1. The summed E-state index contributed by atoms with van der Waals surface area (Å²) in [4.78, 5) is 23.2. The van der Waals surface area contributed by atoms with E-state index in [1.165, 1.54) is 0 Å². The minimum atomic E-state index is -0.592. The van der Waals surface area contributed by atoms with Crippen LogP contribution in [0, 0.1) is 0 Å². The highest BCUT2D eigenvalue weighted by molar-refractivity contribution is 7.99. The number of hydrogen-bond donors (Lipinski definition) is 2. The number of nitrogens with one attached hydrogen (secondary N) is 2. The molecule has 0 spiro atoms. The molecule has 1 aliphatic rings. The first-order valence-corrected chi connectivity index (χ1v) is 9.19. The lowest BCUT2D eigenvalue weighted by Gasteiger charge is -2.21. The fourth-order valence-electron chi connectivity index (χ4n) is 2.25. The normalized spacial score (nSPS) is 14.8. The third-order valence-corrected chi connectivity index (χ3v) is 4.93. The van der Waals surface area contributed by atoms with Crippen LogP contribution in [0.25, 0.3) is 0 Å². The fraction of sp³-hybridized carbons (Fsp3) is 0.529. The van der Waals surface area contributed by atoms with Crippen LogP contribution >= 0.6 is 11.8 Å². The maximum Gasteiger partial charge on any atom is 0.407 e. The Bertz CT molecular complexity index is 507. The zero-order valence-electron chi connectivity index (χ0n) is 13.7. The third-order valence-electron chi connectivity index (χ3n) is 3.55. The van der Waals surface area contributed by atoms with Gasteiger partial charge in [-0.1, -0.05) is 30.3 Å². The maximum atomic E-state index is 11.7. The van der Waals surface area contributed by atoms with Gasteiger partial charge in [0.15, 0.2) is 0 Å². The molecule has 0 saturated carbocycles. The Labute approximate surface area is 146 Å². The number of ether oxygens (including phenoxy) is 2. The summed E-state index contributed by atoms with van der Waals surface area (Å²) in [7, 11) is 0. The van der Waals surface area contributed by atoms with Gasteiger partial charge in [0.25, 0.3) is 0 Å². The van der Waals surface area contributed by atoms with Crippen LogP contribution in [0.15, 0.2) is 30.3 Å². The van der Waals surface area contributed by atoms with E-state index in [1.54, 1.807) is 0 Å². The summed E-state index contributed by atoms with van der Waals surface area (Å²) in [5.74, 6) is 0.661. The third kappa shape index (κ3) is 7.70. The summed E-state index contributed by atoms with van der Waals surface area (Å²) < 4.78 is 10.3. The highest BCUT2D eigenvalue weighted by Gasteiger charge is 2.13. The predicted molar refractivity (Wildman–Crippen MR) is 93.9 cm³/mol. The lowest BCUT2D eigenvalue weighted by atomic mass is 10.2. The summed E-state index contributed by atoms with van der Waals surface area (Å²) in [6.07, 6.45) is 1.56. The van der Waals surface area contributed by atoms with Gasteiger partial charge in [-0.2, -0.15) is 11.8 Å². The first-order chi connectivity index (χ1) is 11.7. The van der Waals surface area contributed by atoms with Crippen LogP contribution in [0.3, 0.4) is 0 Å². The van der Waals surface area contributed by atoms with Gasteiger partial charge in [0.05, 0.1) is 6.54 Å². The van der Waals surface area contributed by atoms with Crippen molar-refractivity contribution >= 4 is 23.8 Å². The van der Waals surface area contributed by atoms with E-state index in [0.717, 1.165) is 37.4 Å². The molecule has 132 valence electrons. The zero-order chi connectivity index (χ0) is 17.0. The molecule has 2 amide bonds. The molecule has 1 saturated heterocycles. The summed E-state index contributed by atoms with van der Waals surface area (Å²) in [5.41, 5.74) is 0.905. The molecule has 0 bridgehead atoms. The molecule has 1 fully saturated rings. The molecule has 1 heterocycles. The summed E-state index contributed by atoms with van der Waals surface area (Å²) in [5, 5.41) is 5.86. The molecule has 1 aliphatic heterocycles. The van der Waals surface area contributed by atoms with E-state index in [-0.39, 0.29) is 19.1 Å². The molecule has 2 rings (SSSR count). The number of rotatable bonds is 8. The van der Waals surface area contributed by atoms with E-state index in [0.29, 0.717) is 11.8 Å². The highest BCUT2D eigenvalue weighted by atomic mass is 32.2. The minimum Gasteiger partial charge on any atom is -0.445 e. The van der Waals surface area contributed by atoms with Crippen molar-refractivity contribution in [2.45, 2.75) is 24.7 Å². The second-order valence-corrected chi connectivity index (χ2v) is 6.86. The Morgan fingerprint density at radius 1 is 1.17 bits per heavy atom. The van der Waals surface area contributed by atoms with Crippen LogP contribution in [-0.4, -0.2) is 49.3 Å². The lowest BCUT2D eigenvalue weighted by Crippen LogP contribution is -2.38. The number of benzene rings is 1. The number of amides is 2. The number of alkyl carbamates (subject to hydrolysis) is 1. The van der Waals surface area contributed by atoms with Crippen molar-refractivity contribution in [2.75, 3.05) is 32.1 Å². The van der Waals surface area contributed by atoms with Crippen molar-refractivity contribution in [3.05, 3.63) is 35.9 Å². The molecule has 0 aliphatic carbocycles. The monoisotopic (exact) mass is 352 g/mol. The van der Waals surface area contributed by atoms with Crippen molar-refractivity contribution in [3.63, 3.8) is 0 Å². The average molecular weight is 352 g/mol. The lowest BCUT2D eigenvalue weighted by molar-refractivity contribution is -0.120. The molecular weight excluding hydrogens is 328 g/mol. The molecule has 0 unspecified atom stereocenters. The smallest absolute Gasteiger partial charge is 0.407 e. The van der Waals surface area contributed by atoms with Gasteiger partial charge in [0, 0.05) is 30.8 Å². The topological polar surface area (TPSA) is 76.7 Å². The van der Waals surface area contributed by atoms with E-state index >= 15 is 0 Å². The second-order valence-electron chi connectivity index (χ2n) is 5.45. The van der Waals surface area contributed by atoms with Crippen molar-refractivity contribution in [1.82, 2.24) is 10.6 Å². The highest BCUT2D eigenvalue weighted by Crippen LogP contribution is 2.21.